The molecule has 0 saturated carbocycles. The molecule has 1 saturated heterocycles. The average molecular weight is 336 g/mol. The van der Waals surface area contributed by atoms with E-state index in [0.29, 0.717) is 19.4 Å². The van der Waals surface area contributed by atoms with Gasteiger partial charge in [0, 0.05) is 38.5 Å². The fourth-order valence-electron chi connectivity index (χ4n) is 3.21. The predicted molar refractivity (Wildman–Crippen MR) is 97.5 cm³/mol. The molecule has 2 aromatic rings. The standard InChI is InChI=1S/C21H24N2O2/c1-17(14-23-20(24)12-13-21(23)25)22(15-18-8-4-2-5-9-18)16-19-10-6-3-7-11-19/h2-11,17H,12-16H2,1H3/t17-/m1/s1. The summed E-state index contributed by atoms with van der Waals surface area (Å²) in [6.45, 7) is 4.11. The van der Waals surface area contributed by atoms with Gasteiger partial charge < -0.3 is 0 Å². The fourth-order valence-corrected chi connectivity index (χ4v) is 3.21. The Bertz CT molecular complexity index is 658. The minimum Gasteiger partial charge on any atom is -0.290 e. The van der Waals surface area contributed by atoms with Gasteiger partial charge in [0.05, 0.1) is 0 Å². The molecule has 1 fully saturated rings. The summed E-state index contributed by atoms with van der Waals surface area (Å²) >= 11 is 0. The van der Waals surface area contributed by atoms with Gasteiger partial charge in [-0.2, -0.15) is 0 Å². The van der Waals surface area contributed by atoms with E-state index in [1.807, 2.05) is 36.4 Å². The van der Waals surface area contributed by atoms with E-state index in [4.69, 9.17) is 0 Å². The SMILES string of the molecule is C[C@H](CN1C(=O)CCC1=O)N(Cc1ccccc1)Cc1ccccc1. The fraction of sp³-hybridized carbons (Fsp3) is 0.333. The molecule has 1 aliphatic heterocycles. The molecule has 0 aliphatic carbocycles. The first-order valence-electron chi connectivity index (χ1n) is 8.78. The number of rotatable bonds is 7. The van der Waals surface area contributed by atoms with E-state index in [1.165, 1.54) is 16.0 Å². The van der Waals surface area contributed by atoms with Gasteiger partial charge in [-0.3, -0.25) is 19.4 Å². The largest absolute Gasteiger partial charge is 0.290 e. The van der Waals surface area contributed by atoms with Crippen molar-refractivity contribution in [1.82, 2.24) is 9.80 Å². The normalized spacial score (nSPS) is 15.8. The third-order valence-electron chi connectivity index (χ3n) is 4.68. The minimum absolute atomic E-state index is 0.0452. The third-order valence-corrected chi connectivity index (χ3v) is 4.68. The zero-order chi connectivity index (χ0) is 17.6. The van der Waals surface area contributed by atoms with E-state index in [0.717, 1.165) is 13.1 Å². The minimum atomic E-state index is -0.0452. The van der Waals surface area contributed by atoms with E-state index in [1.54, 1.807) is 0 Å². The van der Waals surface area contributed by atoms with Gasteiger partial charge in [-0.1, -0.05) is 60.7 Å². The van der Waals surface area contributed by atoms with Crippen LogP contribution in [0.4, 0.5) is 0 Å². The number of benzene rings is 2. The Kier molecular flexibility index (Phi) is 5.61. The second-order valence-corrected chi connectivity index (χ2v) is 6.62. The molecule has 0 spiro atoms. The van der Waals surface area contributed by atoms with Crippen LogP contribution in [0.5, 0.6) is 0 Å². The molecule has 4 nitrogen and oxygen atoms in total. The summed E-state index contributed by atoms with van der Waals surface area (Å²) in [6, 6.07) is 20.7. The summed E-state index contributed by atoms with van der Waals surface area (Å²) in [5.74, 6) is -0.0903. The van der Waals surface area contributed by atoms with Crippen LogP contribution in [0.3, 0.4) is 0 Å². The maximum absolute atomic E-state index is 11.9. The zero-order valence-electron chi connectivity index (χ0n) is 14.6. The Morgan fingerprint density at radius 3 is 1.72 bits per heavy atom. The third kappa shape index (κ3) is 4.54. The van der Waals surface area contributed by atoms with Crippen molar-refractivity contribution < 1.29 is 9.59 Å². The van der Waals surface area contributed by atoms with Gasteiger partial charge in [0.2, 0.25) is 11.8 Å². The second-order valence-electron chi connectivity index (χ2n) is 6.62. The smallest absolute Gasteiger partial charge is 0.229 e. The highest BCUT2D eigenvalue weighted by Crippen LogP contribution is 2.17. The lowest BCUT2D eigenvalue weighted by atomic mass is 10.1. The van der Waals surface area contributed by atoms with Gasteiger partial charge >= 0.3 is 0 Å². The lowest BCUT2D eigenvalue weighted by molar-refractivity contribution is -0.139. The first kappa shape index (κ1) is 17.4. The van der Waals surface area contributed by atoms with Crippen LogP contribution >= 0.6 is 0 Å². The van der Waals surface area contributed by atoms with Crippen LogP contribution in [-0.2, 0) is 22.7 Å². The molecule has 4 heteroatoms. The summed E-state index contributed by atoms with van der Waals surface area (Å²) in [6.07, 6.45) is 0.700. The maximum atomic E-state index is 11.9. The van der Waals surface area contributed by atoms with Crippen molar-refractivity contribution in [1.29, 1.82) is 0 Å². The monoisotopic (exact) mass is 336 g/mol. The average Bonchev–Trinajstić information content (AvgIpc) is 2.95. The van der Waals surface area contributed by atoms with Crippen molar-refractivity contribution in [3.05, 3.63) is 71.8 Å². The summed E-state index contributed by atoms with van der Waals surface area (Å²) in [5, 5.41) is 0. The Morgan fingerprint density at radius 2 is 1.28 bits per heavy atom. The first-order valence-corrected chi connectivity index (χ1v) is 8.78. The highest BCUT2D eigenvalue weighted by molar-refractivity contribution is 6.01. The highest BCUT2D eigenvalue weighted by atomic mass is 16.2. The number of hydrogen-bond acceptors (Lipinski definition) is 3. The van der Waals surface area contributed by atoms with Gasteiger partial charge in [0.25, 0.3) is 0 Å². The van der Waals surface area contributed by atoms with Crippen LogP contribution in [0.25, 0.3) is 0 Å². The first-order chi connectivity index (χ1) is 12.1. The lowest BCUT2D eigenvalue weighted by Crippen LogP contribution is -2.43. The summed E-state index contributed by atoms with van der Waals surface area (Å²) < 4.78 is 0. The van der Waals surface area contributed by atoms with Crippen LogP contribution in [0.15, 0.2) is 60.7 Å². The maximum Gasteiger partial charge on any atom is 0.229 e. The summed E-state index contributed by atoms with van der Waals surface area (Å²) in [5.41, 5.74) is 2.45. The highest BCUT2D eigenvalue weighted by Gasteiger charge is 2.31. The molecule has 25 heavy (non-hydrogen) atoms. The van der Waals surface area contributed by atoms with Gasteiger partial charge in [-0.05, 0) is 18.1 Å². The molecular weight excluding hydrogens is 312 g/mol. The quantitative estimate of drug-likeness (QED) is 0.729. The Morgan fingerprint density at radius 1 is 0.840 bits per heavy atom. The van der Waals surface area contributed by atoms with E-state index in [2.05, 4.69) is 36.1 Å². The zero-order valence-corrected chi connectivity index (χ0v) is 14.6. The predicted octanol–water partition coefficient (Wildman–Crippen LogP) is 3.23. The molecule has 0 bridgehead atoms. The molecule has 1 aliphatic rings. The molecule has 0 aromatic heterocycles. The van der Waals surface area contributed by atoms with E-state index < -0.39 is 0 Å². The summed E-state index contributed by atoms with van der Waals surface area (Å²) in [7, 11) is 0. The number of hydrogen-bond donors (Lipinski definition) is 0. The number of imide groups is 1. The molecule has 130 valence electrons. The molecule has 3 rings (SSSR count). The molecule has 0 radical (unpaired) electrons. The second kappa shape index (κ2) is 8.08. The van der Waals surface area contributed by atoms with Gasteiger partial charge in [-0.25, -0.2) is 0 Å². The number of carbonyl (C=O) groups is 2. The van der Waals surface area contributed by atoms with Gasteiger partial charge in [-0.15, -0.1) is 0 Å². The van der Waals surface area contributed by atoms with E-state index >= 15 is 0 Å². The van der Waals surface area contributed by atoms with Crippen LogP contribution in [-0.4, -0.2) is 34.2 Å². The van der Waals surface area contributed by atoms with Crippen molar-refractivity contribution in [2.75, 3.05) is 6.54 Å². The molecule has 0 N–H and O–H groups in total. The number of carbonyl (C=O) groups excluding carboxylic acids is 2. The van der Waals surface area contributed by atoms with Crippen molar-refractivity contribution in [2.24, 2.45) is 0 Å². The van der Waals surface area contributed by atoms with Crippen molar-refractivity contribution >= 4 is 11.8 Å². The molecule has 0 unspecified atom stereocenters. The number of likely N-dealkylation sites (tertiary alicyclic amines) is 1. The summed E-state index contributed by atoms with van der Waals surface area (Å²) in [4.78, 5) is 27.6. The number of nitrogens with zero attached hydrogens (tertiary/aromatic N) is 2. The Labute approximate surface area is 149 Å². The van der Waals surface area contributed by atoms with E-state index in [9.17, 15) is 9.59 Å². The molecule has 2 amide bonds. The topological polar surface area (TPSA) is 40.6 Å². The Hall–Kier alpha value is -2.46. The lowest BCUT2D eigenvalue weighted by Gasteiger charge is -2.31. The Balaban J connectivity index is 1.74. The van der Waals surface area contributed by atoms with Crippen LogP contribution in [0.2, 0.25) is 0 Å². The van der Waals surface area contributed by atoms with Crippen LogP contribution in [0, 0.1) is 0 Å². The number of amides is 2. The molecule has 1 atom stereocenters. The molecular formula is C21H24N2O2. The van der Waals surface area contributed by atoms with Crippen LogP contribution < -0.4 is 0 Å². The van der Waals surface area contributed by atoms with E-state index in [-0.39, 0.29) is 17.9 Å². The van der Waals surface area contributed by atoms with Crippen molar-refractivity contribution in [3.8, 4) is 0 Å². The van der Waals surface area contributed by atoms with Gasteiger partial charge in [0.1, 0.15) is 0 Å². The van der Waals surface area contributed by atoms with Crippen molar-refractivity contribution in [3.63, 3.8) is 0 Å². The molecule has 1 heterocycles. The van der Waals surface area contributed by atoms with Crippen molar-refractivity contribution in [2.45, 2.75) is 38.9 Å². The molecule has 2 aromatic carbocycles. The van der Waals surface area contributed by atoms with Gasteiger partial charge in [0.15, 0.2) is 0 Å². The van der Waals surface area contributed by atoms with Crippen LogP contribution in [0.1, 0.15) is 30.9 Å².